The molecule has 1 heteroatoms. The molecular weight excluding hydrogens is 206 g/mol. The van der Waals surface area contributed by atoms with Gasteiger partial charge in [0.1, 0.15) is 0 Å². The molecule has 0 aliphatic heterocycles. The molecule has 0 amide bonds. The lowest BCUT2D eigenvalue weighted by Crippen LogP contribution is -1.88. The van der Waals surface area contributed by atoms with Gasteiger partial charge in [0, 0.05) is 11.8 Å². The van der Waals surface area contributed by atoms with Gasteiger partial charge in [-0.2, -0.15) is 0 Å². The first-order valence-electron chi connectivity index (χ1n) is 5.73. The van der Waals surface area contributed by atoms with Crippen molar-refractivity contribution in [2.24, 2.45) is 0 Å². The van der Waals surface area contributed by atoms with Gasteiger partial charge in [-0.05, 0) is 41.3 Å². The Morgan fingerprint density at radius 2 is 1.82 bits per heavy atom. The molecule has 1 aliphatic carbocycles. The van der Waals surface area contributed by atoms with Crippen LogP contribution in [0.3, 0.4) is 0 Å². The quantitative estimate of drug-likeness (QED) is 0.599. The van der Waals surface area contributed by atoms with Gasteiger partial charge in [0.15, 0.2) is 0 Å². The molecule has 1 aliphatic rings. The van der Waals surface area contributed by atoms with Crippen molar-refractivity contribution in [1.82, 2.24) is 4.98 Å². The average molecular weight is 219 g/mol. The maximum Gasteiger partial charge on any atom is 0.0710 e. The first-order valence-corrected chi connectivity index (χ1v) is 5.73. The maximum atomic E-state index is 4.43. The molecule has 17 heavy (non-hydrogen) atoms. The molecular formula is C16H13N. The molecule has 1 aromatic carbocycles. The van der Waals surface area contributed by atoms with Gasteiger partial charge in [-0.15, -0.1) is 0 Å². The maximum absolute atomic E-state index is 4.43. The minimum atomic E-state index is 1.01. The number of hydrogen-bond acceptors (Lipinski definition) is 1. The van der Waals surface area contributed by atoms with E-state index in [1.165, 1.54) is 22.3 Å². The fraction of sp³-hybridized carbons (Fsp3) is 0.0625. The number of aromatic nitrogens is 1. The second-order valence-corrected chi connectivity index (χ2v) is 4.14. The molecule has 1 nitrogen and oxygen atoms in total. The summed E-state index contributed by atoms with van der Waals surface area (Å²) in [7, 11) is 0. The summed E-state index contributed by atoms with van der Waals surface area (Å²) in [5.41, 5.74) is 6.99. The van der Waals surface area contributed by atoms with Crippen LogP contribution < -0.4 is 0 Å². The zero-order valence-corrected chi connectivity index (χ0v) is 9.77. The van der Waals surface area contributed by atoms with Crippen molar-refractivity contribution in [3.8, 4) is 11.1 Å². The minimum absolute atomic E-state index is 1.01. The van der Waals surface area contributed by atoms with Crippen molar-refractivity contribution in [2.45, 2.75) is 6.92 Å². The van der Waals surface area contributed by atoms with Gasteiger partial charge in [0.2, 0.25) is 0 Å². The number of fused-ring (bicyclic) bond motifs is 3. The van der Waals surface area contributed by atoms with Crippen molar-refractivity contribution >= 4 is 11.6 Å². The van der Waals surface area contributed by atoms with Gasteiger partial charge in [-0.25, -0.2) is 0 Å². The smallest absolute Gasteiger partial charge is 0.0710 e. The third-order valence-corrected chi connectivity index (χ3v) is 3.15. The van der Waals surface area contributed by atoms with E-state index in [-0.39, 0.29) is 0 Å². The van der Waals surface area contributed by atoms with Gasteiger partial charge >= 0.3 is 0 Å². The van der Waals surface area contributed by atoms with E-state index in [1.807, 2.05) is 25.3 Å². The monoisotopic (exact) mass is 219 g/mol. The summed E-state index contributed by atoms with van der Waals surface area (Å²) in [6.45, 7) is 6.21. The van der Waals surface area contributed by atoms with Crippen LogP contribution in [0, 0.1) is 0 Å². The van der Waals surface area contributed by atoms with Crippen LogP contribution >= 0.6 is 0 Å². The lowest BCUT2D eigenvalue weighted by atomic mass is 10.0. The first-order chi connectivity index (χ1) is 8.33. The van der Waals surface area contributed by atoms with E-state index < -0.39 is 0 Å². The molecule has 1 aromatic heterocycles. The van der Waals surface area contributed by atoms with Crippen molar-refractivity contribution in [2.75, 3.05) is 0 Å². The molecule has 3 rings (SSSR count). The molecule has 1 heterocycles. The summed E-state index contributed by atoms with van der Waals surface area (Å²) in [5.74, 6) is 0. The Morgan fingerprint density at radius 3 is 2.59 bits per heavy atom. The molecule has 0 fully saturated rings. The Balaban J connectivity index is 2.34. The molecule has 82 valence electrons. The van der Waals surface area contributed by atoms with Gasteiger partial charge in [0.25, 0.3) is 0 Å². The van der Waals surface area contributed by atoms with Gasteiger partial charge < -0.3 is 0 Å². The Hall–Kier alpha value is -2.15. The van der Waals surface area contributed by atoms with Crippen LogP contribution in [-0.4, -0.2) is 4.98 Å². The largest absolute Gasteiger partial charge is 0.256 e. The van der Waals surface area contributed by atoms with E-state index in [1.54, 1.807) is 0 Å². The fourth-order valence-electron chi connectivity index (χ4n) is 2.42. The van der Waals surface area contributed by atoms with E-state index in [0.29, 0.717) is 0 Å². The van der Waals surface area contributed by atoms with Crippen molar-refractivity contribution in [1.29, 1.82) is 0 Å². The van der Waals surface area contributed by atoms with Crippen LogP contribution in [0.1, 0.15) is 23.7 Å². The van der Waals surface area contributed by atoms with E-state index in [2.05, 4.69) is 41.9 Å². The molecule has 0 saturated carbocycles. The van der Waals surface area contributed by atoms with E-state index in [4.69, 9.17) is 0 Å². The fourth-order valence-corrected chi connectivity index (χ4v) is 2.42. The number of rotatable bonds is 1. The lowest BCUT2D eigenvalue weighted by molar-refractivity contribution is 1.28. The molecule has 0 N–H and O–H groups in total. The SMILES string of the molecule is C=C1c2ccccc2-c2ccnc(/C=C\C)c21. The Labute approximate surface area is 101 Å². The standard InChI is InChI=1S/C16H13N/c1-3-6-15-16-11(2)12-7-4-5-8-13(12)14(16)9-10-17-15/h3-10H,2H2,1H3/b6-3-. The molecule has 0 atom stereocenters. The highest BCUT2D eigenvalue weighted by atomic mass is 14.7. The highest BCUT2D eigenvalue weighted by Crippen LogP contribution is 2.44. The van der Waals surface area contributed by atoms with Crippen LogP contribution in [0.4, 0.5) is 0 Å². The summed E-state index contributed by atoms with van der Waals surface area (Å²) in [6, 6.07) is 10.5. The van der Waals surface area contributed by atoms with Crippen molar-refractivity contribution in [3.63, 3.8) is 0 Å². The normalized spacial score (nSPS) is 12.9. The Morgan fingerprint density at radius 1 is 1.06 bits per heavy atom. The molecule has 0 bridgehead atoms. The third kappa shape index (κ3) is 1.36. The van der Waals surface area contributed by atoms with Crippen LogP contribution in [-0.2, 0) is 0 Å². The highest BCUT2D eigenvalue weighted by Gasteiger charge is 2.23. The summed E-state index contributed by atoms with van der Waals surface area (Å²) in [6.07, 6.45) is 5.91. The van der Waals surface area contributed by atoms with Crippen molar-refractivity contribution in [3.05, 3.63) is 66.0 Å². The van der Waals surface area contributed by atoms with Gasteiger partial charge in [-0.3, -0.25) is 4.98 Å². The summed E-state index contributed by atoms with van der Waals surface area (Å²) >= 11 is 0. The Kier molecular flexibility index (Phi) is 2.19. The second-order valence-electron chi connectivity index (χ2n) is 4.14. The Bertz CT molecular complexity index is 636. The summed E-state index contributed by atoms with van der Waals surface area (Å²) < 4.78 is 0. The van der Waals surface area contributed by atoms with Crippen LogP contribution in [0.25, 0.3) is 22.8 Å². The molecule has 2 aromatic rings. The van der Waals surface area contributed by atoms with Crippen molar-refractivity contribution < 1.29 is 0 Å². The number of allylic oxidation sites excluding steroid dienone is 1. The summed E-state index contributed by atoms with van der Waals surface area (Å²) in [5, 5.41) is 0. The van der Waals surface area contributed by atoms with E-state index in [0.717, 1.165) is 11.3 Å². The van der Waals surface area contributed by atoms with Crippen LogP contribution in [0.15, 0.2) is 49.2 Å². The zero-order valence-electron chi connectivity index (χ0n) is 9.77. The predicted octanol–water partition coefficient (Wildman–Crippen LogP) is 4.16. The molecule has 0 spiro atoms. The van der Waals surface area contributed by atoms with E-state index >= 15 is 0 Å². The lowest BCUT2D eigenvalue weighted by Gasteiger charge is -2.03. The summed E-state index contributed by atoms with van der Waals surface area (Å²) in [4.78, 5) is 4.43. The molecule has 0 unspecified atom stereocenters. The molecule has 0 radical (unpaired) electrons. The van der Waals surface area contributed by atoms with Gasteiger partial charge in [-0.1, -0.05) is 36.9 Å². The minimum Gasteiger partial charge on any atom is -0.256 e. The van der Waals surface area contributed by atoms with Crippen LogP contribution in [0.2, 0.25) is 0 Å². The third-order valence-electron chi connectivity index (χ3n) is 3.15. The first kappa shape index (κ1) is 10.0. The topological polar surface area (TPSA) is 12.9 Å². The number of pyridine rings is 1. The van der Waals surface area contributed by atoms with Crippen LogP contribution in [0.5, 0.6) is 0 Å². The van der Waals surface area contributed by atoms with E-state index in [9.17, 15) is 0 Å². The highest BCUT2D eigenvalue weighted by molar-refractivity contribution is 6.02. The van der Waals surface area contributed by atoms with Gasteiger partial charge in [0.05, 0.1) is 5.69 Å². The number of hydrogen-bond donors (Lipinski definition) is 0. The number of nitrogens with zero attached hydrogens (tertiary/aromatic N) is 1. The second kappa shape index (κ2) is 3.70. The predicted molar refractivity (Wildman–Crippen MR) is 72.5 cm³/mol. The zero-order chi connectivity index (χ0) is 11.8. The average Bonchev–Trinajstić information content (AvgIpc) is 2.66. The number of benzene rings is 1. The molecule has 0 saturated heterocycles.